The largest absolute Gasteiger partial charge is 0.478 e. The van der Waals surface area contributed by atoms with Crippen molar-refractivity contribution in [2.45, 2.75) is 20.8 Å². The zero-order chi connectivity index (χ0) is 39.9. The van der Waals surface area contributed by atoms with Gasteiger partial charge in [0.05, 0.1) is 33.9 Å². The fourth-order valence-electron chi connectivity index (χ4n) is 4.86. The molecule has 11 heteroatoms. The Morgan fingerprint density at radius 2 is 1.04 bits per heavy atom. The Labute approximate surface area is 339 Å². The molecule has 7 nitrogen and oxygen atoms in total. The standard InChI is InChI=1S/2C15H12ClNO2.C14H11Cl2N/c1-10-6-8-12(15(18)19)14(17-10)9-7-11-4-2-3-5-13(11)16;1-10-13(15(18)19)9-8-12(17-10)7-6-11-4-2-3-5-14(11)16;1-10-3-2-4-14(17-10)6-5-11-7-12(15)9-13(16)8-11/h2*2-9H,1H3,(H,18,19);2-9H,1H3. The van der Waals surface area contributed by atoms with Gasteiger partial charge in [-0.05, 0) is 122 Å². The lowest BCUT2D eigenvalue weighted by molar-refractivity contribution is 0.0685. The van der Waals surface area contributed by atoms with E-state index in [1.54, 1.807) is 61.5 Å². The minimum absolute atomic E-state index is 0.175. The van der Waals surface area contributed by atoms with Gasteiger partial charge in [0, 0.05) is 31.5 Å². The number of benzene rings is 3. The normalized spacial score (nSPS) is 10.9. The first-order chi connectivity index (χ1) is 26.3. The second-order valence-corrected chi connectivity index (χ2v) is 13.5. The average Bonchev–Trinajstić information content (AvgIpc) is 3.13. The number of halogens is 4. The molecule has 0 spiro atoms. The first kappa shape index (κ1) is 42.2. The van der Waals surface area contributed by atoms with Gasteiger partial charge in [-0.2, -0.15) is 0 Å². The Morgan fingerprint density at radius 3 is 1.60 bits per heavy atom. The third-order valence-corrected chi connectivity index (χ3v) is 8.66. The molecular weight excluding hydrogens is 776 g/mol. The predicted molar refractivity (Wildman–Crippen MR) is 227 cm³/mol. The first-order valence-corrected chi connectivity index (χ1v) is 18.1. The predicted octanol–water partition coefficient (Wildman–Crippen LogP) is 12.7. The van der Waals surface area contributed by atoms with Crippen LogP contribution in [0.15, 0.2) is 109 Å². The Bertz CT molecular complexity index is 2370. The van der Waals surface area contributed by atoms with Crippen molar-refractivity contribution >= 4 is 94.8 Å². The van der Waals surface area contributed by atoms with Crippen LogP contribution in [0, 0.1) is 20.8 Å². The van der Waals surface area contributed by atoms with Gasteiger partial charge in [-0.25, -0.2) is 9.59 Å². The summed E-state index contributed by atoms with van der Waals surface area (Å²) < 4.78 is 0. The zero-order valence-corrected chi connectivity index (χ0v) is 32.9. The van der Waals surface area contributed by atoms with E-state index in [1.165, 1.54) is 0 Å². The molecule has 0 bridgehead atoms. The maximum Gasteiger partial charge on any atom is 0.337 e. The van der Waals surface area contributed by atoms with Crippen LogP contribution < -0.4 is 0 Å². The fourth-order valence-corrected chi connectivity index (χ4v) is 5.80. The highest BCUT2D eigenvalue weighted by Gasteiger charge is 2.10. The molecule has 0 amide bonds. The van der Waals surface area contributed by atoms with Crippen molar-refractivity contribution in [2.75, 3.05) is 0 Å². The van der Waals surface area contributed by atoms with Crippen LogP contribution in [0.5, 0.6) is 0 Å². The lowest BCUT2D eigenvalue weighted by Crippen LogP contribution is -2.02. The Hall–Kier alpha value is -5.57. The Morgan fingerprint density at radius 1 is 0.509 bits per heavy atom. The van der Waals surface area contributed by atoms with Gasteiger partial charge in [0.1, 0.15) is 0 Å². The maximum atomic E-state index is 11.1. The molecule has 2 N–H and O–H groups in total. The number of pyridine rings is 3. The van der Waals surface area contributed by atoms with Crippen molar-refractivity contribution in [3.8, 4) is 0 Å². The maximum absolute atomic E-state index is 11.1. The number of nitrogens with zero attached hydrogens (tertiary/aromatic N) is 3. The van der Waals surface area contributed by atoms with Crippen molar-refractivity contribution in [2.24, 2.45) is 0 Å². The van der Waals surface area contributed by atoms with E-state index >= 15 is 0 Å². The number of aromatic carboxylic acids is 2. The number of aromatic nitrogens is 3. The lowest BCUT2D eigenvalue weighted by atomic mass is 10.1. The number of carboxylic acid groups (broad SMARTS) is 2. The SMILES string of the molecule is Cc1ccc(C(=O)O)c(C=Cc2ccccc2Cl)n1.Cc1cccc(C=Cc2cc(Cl)cc(Cl)c2)n1.Cc1nc(C=Cc2ccccc2Cl)ccc1C(=O)O. The van der Waals surface area contributed by atoms with Gasteiger partial charge in [-0.1, -0.05) is 107 Å². The summed E-state index contributed by atoms with van der Waals surface area (Å²) in [6, 6.07) is 32.6. The quantitative estimate of drug-likeness (QED) is 0.157. The van der Waals surface area contributed by atoms with Gasteiger partial charge in [-0.3, -0.25) is 15.0 Å². The number of hydrogen-bond acceptors (Lipinski definition) is 5. The molecule has 3 aromatic carbocycles. The van der Waals surface area contributed by atoms with E-state index in [0.29, 0.717) is 37.2 Å². The van der Waals surface area contributed by atoms with Gasteiger partial charge in [0.15, 0.2) is 0 Å². The van der Waals surface area contributed by atoms with Crippen LogP contribution in [0.2, 0.25) is 20.1 Å². The third-order valence-electron chi connectivity index (χ3n) is 7.54. The zero-order valence-electron chi connectivity index (χ0n) is 29.9. The molecule has 0 aliphatic heterocycles. The number of carbonyl (C=O) groups is 2. The van der Waals surface area contributed by atoms with Gasteiger partial charge in [0.2, 0.25) is 0 Å². The minimum atomic E-state index is -0.994. The molecule has 6 aromatic rings. The summed E-state index contributed by atoms with van der Waals surface area (Å²) in [5.41, 5.74) is 7.37. The molecule has 6 rings (SSSR count). The van der Waals surface area contributed by atoms with E-state index in [0.717, 1.165) is 33.8 Å². The molecule has 0 unspecified atom stereocenters. The molecule has 0 fully saturated rings. The Kier molecular flexibility index (Phi) is 15.9. The summed E-state index contributed by atoms with van der Waals surface area (Å²) in [5, 5.41) is 20.6. The van der Waals surface area contributed by atoms with E-state index < -0.39 is 11.9 Å². The molecule has 0 saturated carbocycles. The summed E-state index contributed by atoms with van der Waals surface area (Å²) in [7, 11) is 0. The number of carboxylic acids is 2. The van der Waals surface area contributed by atoms with E-state index in [9.17, 15) is 9.59 Å². The highest BCUT2D eigenvalue weighted by molar-refractivity contribution is 6.35. The first-order valence-electron chi connectivity index (χ1n) is 16.6. The molecular formula is C44H35Cl4N3O4. The number of rotatable bonds is 8. The van der Waals surface area contributed by atoms with Crippen LogP contribution in [0.3, 0.4) is 0 Å². The van der Waals surface area contributed by atoms with E-state index in [-0.39, 0.29) is 11.1 Å². The molecule has 0 aliphatic rings. The van der Waals surface area contributed by atoms with Gasteiger partial charge >= 0.3 is 11.9 Å². The van der Waals surface area contributed by atoms with Crippen LogP contribution in [0.4, 0.5) is 0 Å². The van der Waals surface area contributed by atoms with Gasteiger partial charge < -0.3 is 10.2 Å². The number of aryl methyl sites for hydroxylation is 3. The molecule has 0 saturated heterocycles. The monoisotopic (exact) mass is 809 g/mol. The van der Waals surface area contributed by atoms with Crippen LogP contribution in [-0.4, -0.2) is 37.1 Å². The average molecular weight is 812 g/mol. The van der Waals surface area contributed by atoms with Crippen LogP contribution >= 0.6 is 46.4 Å². The molecule has 3 aromatic heterocycles. The summed E-state index contributed by atoms with van der Waals surface area (Å²) in [4.78, 5) is 34.8. The Balaban J connectivity index is 0.000000184. The van der Waals surface area contributed by atoms with Crippen molar-refractivity contribution in [1.82, 2.24) is 15.0 Å². The highest BCUT2D eigenvalue weighted by atomic mass is 35.5. The summed E-state index contributed by atoms with van der Waals surface area (Å²) >= 11 is 23.9. The van der Waals surface area contributed by atoms with Crippen LogP contribution in [0.1, 0.15) is 71.6 Å². The molecule has 0 aliphatic carbocycles. The summed E-state index contributed by atoms with van der Waals surface area (Å²) in [6.07, 6.45) is 11.0. The van der Waals surface area contributed by atoms with Gasteiger partial charge in [0.25, 0.3) is 0 Å². The fraction of sp³-hybridized carbons (Fsp3) is 0.0682. The van der Waals surface area contributed by atoms with Crippen molar-refractivity contribution in [1.29, 1.82) is 0 Å². The smallest absolute Gasteiger partial charge is 0.337 e. The lowest BCUT2D eigenvalue weighted by Gasteiger charge is -2.02. The molecule has 55 heavy (non-hydrogen) atoms. The van der Waals surface area contributed by atoms with Crippen molar-refractivity contribution in [3.63, 3.8) is 0 Å². The molecule has 0 radical (unpaired) electrons. The van der Waals surface area contributed by atoms with E-state index in [1.807, 2.05) is 105 Å². The molecule has 278 valence electrons. The molecule has 0 atom stereocenters. The summed E-state index contributed by atoms with van der Waals surface area (Å²) in [6.45, 7) is 5.46. The second kappa shape index (κ2) is 20.8. The third kappa shape index (κ3) is 13.7. The van der Waals surface area contributed by atoms with Crippen LogP contribution in [0.25, 0.3) is 36.5 Å². The number of hydrogen-bond donors (Lipinski definition) is 2. The van der Waals surface area contributed by atoms with E-state index in [2.05, 4.69) is 15.0 Å². The van der Waals surface area contributed by atoms with Crippen LogP contribution in [-0.2, 0) is 0 Å². The summed E-state index contributed by atoms with van der Waals surface area (Å²) in [5.74, 6) is -1.96. The second-order valence-electron chi connectivity index (χ2n) is 11.8. The van der Waals surface area contributed by atoms with Crippen molar-refractivity contribution in [3.05, 3.63) is 191 Å². The van der Waals surface area contributed by atoms with Crippen molar-refractivity contribution < 1.29 is 19.8 Å². The minimum Gasteiger partial charge on any atom is -0.478 e. The van der Waals surface area contributed by atoms with E-state index in [4.69, 9.17) is 56.6 Å². The highest BCUT2D eigenvalue weighted by Crippen LogP contribution is 2.22. The topological polar surface area (TPSA) is 113 Å². The van der Waals surface area contributed by atoms with Gasteiger partial charge in [-0.15, -0.1) is 0 Å². The molecule has 3 heterocycles.